The number of hydrogen-bond donors (Lipinski definition) is 1. The van der Waals surface area contributed by atoms with Gasteiger partial charge in [-0.1, -0.05) is 82.8 Å². The van der Waals surface area contributed by atoms with Gasteiger partial charge >= 0.3 is 0 Å². The second kappa shape index (κ2) is 10.3. The van der Waals surface area contributed by atoms with Crippen molar-refractivity contribution in [1.82, 2.24) is 10.2 Å². The number of carbonyl (C=O) groups is 2. The molecule has 1 aliphatic carbocycles. The molecule has 0 saturated heterocycles. The van der Waals surface area contributed by atoms with Crippen molar-refractivity contribution in [3.05, 3.63) is 93.4 Å². The lowest BCUT2D eigenvalue weighted by molar-refractivity contribution is -0.116. The fourth-order valence-electron chi connectivity index (χ4n) is 4.79. The Morgan fingerprint density at radius 2 is 1.95 bits per heavy atom. The number of aromatic nitrogens is 2. The molecule has 2 aromatic carbocycles. The molecule has 2 aliphatic rings. The number of nitriles is 1. The third kappa shape index (κ3) is 4.82. The van der Waals surface area contributed by atoms with Gasteiger partial charge in [0.25, 0.3) is 0 Å². The Balaban J connectivity index is 1.47. The van der Waals surface area contributed by atoms with Crippen molar-refractivity contribution < 1.29 is 9.59 Å². The first-order valence-electron chi connectivity index (χ1n) is 12.0. The molecule has 37 heavy (non-hydrogen) atoms. The third-order valence-electron chi connectivity index (χ3n) is 6.58. The van der Waals surface area contributed by atoms with Crippen LogP contribution in [0, 0.1) is 25.2 Å². The molecule has 3 aromatic rings. The van der Waals surface area contributed by atoms with Gasteiger partial charge < -0.3 is 5.73 Å². The number of benzene rings is 2. The van der Waals surface area contributed by atoms with E-state index in [9.17, 15) is 14.9 Å². The van der Waals surface area contributed by atoms with Gasteiger partial charge in [0, 0.05) is 23.3 Å². The summed E-state index contributed by atoms with van der Waals surface area (Å²) in [5.74, 6) is 0.0354. The molecule has 2 N–H and O–H groups in total. The van der Waals surface area contributed by atoms with Gasteiger partial charge in [0.15, 0.2) is 15.9 Å². The maximum absolute atomic E-state index is 13.2. The van der Waals surface area contributed by atoms with E-state index in [1.807, 2.05) is 62.4 Å². The quantitative estimate of drug-likeness (QED) is 0.333. The predicted molar refractivity (Wildman–Crippen MR) is 145 cm³/mol. The van der Waals surface area contributed by atoms with E-state index in [2.05, 4.69) is 16.3 Å². The normalized spacial score (nSPS) is 17.6. The van der Waals surface area contributed by atoms with Gasteiger partial charge in [-0.25, -0.2) is 0 Å². The van der Waals surface area contributed by atoms with E-state index in [1.54, 1.807) is 4.90 Å². The number of hydrogen-bond acceptors (Lipinski definition) is 9. The van der Waals surface area contributed by atoms with E-state index in [-0.39, 0.29) is 23.1 Å². The molecule has 0 fully saturated rings. The Kier molecular flexibility index (Phi) is 6.96. The number of allylic oxidation sites excluding steroid dienone is 3. The lowest BCUT2D eigenvalue weighted by Gasteiger charge is -2.38. The van der Waals surface area contributed by atoms with Crippen LogP contribution in [0.2, 0.25) is 0 Å². The number of Topliss-reactive ketones (excluding diaryl/α,β-unsaturated/α-hetero) is 2. The number of aryl methyl sites for hydroxylation is 2. The van der Waals surface area contributed by atoms with E-state index >= 15 is 0 Å². The van der Waals surface area contributed by atoms with Crippen LogP contribution in [0.1, 0.15) is 52.2 Å². The topological polar surface area (TPSA) is 113 Å². The molecule has 1 aliphatic heterocycles. The summed E-state index contributed by atoms with van der Waals surface area (Å²) >= 11 is 2.61. The number of ketones is 2. The Labute approximate surface area is 223 Å². The van der Waals surface area contributed by atoms with Gasteiger partial charge in [-0.15, -0.1) is 10.2 Å². The number of anilines is 1. The average molecular weight is 528 g/mol. The van der Waals surface area contributed by atoms with Gasteiger partial charge in [-0.2, -0.15) is 5.26 Å². The molecule has 1 aromatic heterocycles. The first kappa shape index (κ1) is 24.9. The second-order valence-electron chi connectivity index (χ2n) is 9.16. The summed E-state index contributed by atoms with van der Waals surface area (Å²) in [5, 5.41) is 19.3. The fraction of sp³-hybridized carbons (Fsp3) is 0.250. The first-order chi connectivity index (χ1) is 17.9. The van der Waals surface area contributed by atoms with E-state index < -0.39 is 5.92 Å². The number of thioether (sulfide) groups is 1. The number of rotatable bonds is 6. The van der Waals surface area contributed by atoms with Crippen LogP contribution in [-0.4, -0.2) is 27.5 Å². The zero-order valence-corrected chi connectivity index (χ0v) is 22.2. The van der Waals surface area contributed by atoms with Crippen molar-refractivity contribution in [3.8, 4) is 6.07 Å². The van der Waals surface area contributed by atoms with Crippen LogP contribution in [-0.2, 0) is 4.79 Å². The van der Waals surface area contributed by atoms with Crippen LogP contribution < -0.4 is 10.6 Å². The molecule has 0 bridgehead atoms. The maximum Gasteiger partial charge on any atom is 0.219 e. The molecule has 186 valence electrons. The number of nitrogens with two attached hydrogens (primary N) is 1. The van der Waals surface area contributed by atoms with Crippen molar-refractivity contribution in [3.63, 3.8) is 0 Å². The molecule has 1 unspecified atom stereocenters. The summed E-state index contributed by atoms with van der Waals surface area (Å²) in [6.07, 6.45) is 1.79. The van der Waals surface area contributed by atoms with Gasteiger partial charge in [-0.05, 0) is 32.3 Å². The minimum Gasteiger partial charge on any atom is -0.384 e. The summed E-state index contributed by atoms with van der Waals surface area (Å²) in [7, 11) is 0. The fourth-order valence-corrected chi connectivity index (χ4v) is 6.56. The van der Waals surface area contributed by atoms with Crippen LogP contribution in [0.15, 0.2) is 75.5 Å². The lowest BCUT2D eigenvalue weighted by Crippen LogP contribution is -2.38. The molecule has 0 spiro atoms. The summed E-state index contributed by atoms with van der Waals surface area (Å²) in [6.45, 7) is 3.97. The Bertz CT molecular complexity index is 1500. The predicted octanol–water partition coefficient (Wildman–Crippen LogP) is 5.43. The minimum atomic E-state index is -0.502. The van der Waals surface area contributed by atoms with Crippen molar-refractivity contribution in [2.45, 2.75) is 43.4 Å². The molecular weight excluding hydrogens is 502 g/mol. The van der Waals surface area contributed by atoms with Gasteiger partial charge in [0.2, 0.25) is 5.13 Å². The summed E-state index contributed by atoms with van der Waals surface area (Å²) in [6, 6.07) is 17.6. The molecule has 1 atom stereocenters. The third-order valence-corrected chi connectivity index (χ3v) is 8.62. The van der Waals surface area contributed by atoms with Crippen LogP contribution in [0.25, 0.3) is 0 Å². The van der Waals surface area contributed by atoms with Crippen LogP contribution in [0.4, 0.5) is 5.13 Å². The van der Waals surface area contributed by atoms with Crippen molar-refractivity contribution in [1.29, 1.82) is 5.26 Å². The summed E-state index contributed by atoms with van der Waals surface area (Å²) in [4.78, 5) is 27.6. The van der Waals surface area contributed by atoms with Crippen LogP contribution in [0.5, 0.6) is 0 Å². The maximum atomic E-state index is 13.2. The van der Waals surface area contributed by atoms with Gasteiger partial charge in [0.05, 0.1) is 23.3 Å². The van der Waals surface area contributed by atoms with E-state index in [0.29, 0.717) is 45.4 Å². The largest absolute Gasteiger partial charge is 0.384 e. The highest BCUT2D eigenvalue weighted by Gasteiger charge is 2.41. The Morgan fingerprint density at radius 3 is 2.68 bits per heavy atom. The van der Waals surface area contributed by atoms with Crippen molar-refractivity contribution in [2.24, 2.45) is 5.73 Å². The zero-order valence-electron chi connectivity index (χ0n) is 20.5. The summed E-state index contributed by atoms with van der Waals surface area (Å²) in [5.41, 5.74) is 12.0. The average Bonchev–Trinajstić information content (AvgIpc) is 3.35. The first-order valence-corrected chi connectivity index (χ1v) is 13.8. The standard InChI is InChI=1S/C28H25N5O2S2/c1-16-9-11-18(12-10-16)23(35)15-36-28-32-31-27(37-28)33-21-7-4-8-22(34)25(21)24(20(14-29)26(33)30)19-6-3-5-17(2)13-19/h3,5-6,9-13,24H,4,7-8,15,30H2,1-2H3. The Morgan fingerprint density at radius 1 is 1.16 bits per heavy atom. The van der Waals surface area contributed by atoms with E-state index in [1.165, 1.54) is 23.1 Å². The van der Waals surface area contributed by atoms with Crippen molar-refractivity contribution >= 4 is 39.8 Å². The highest BCUT2D eigenvalue weighted by molar-refractivity contribution is 8.01. The van der Waals surface area contributed by atoms with Crippen LogP contribution >= 0.6 is 23.1 Å². The molecule has 0 saturated carbocycles. The SMILES string of the molecule is Cc1ccc(C(=O)CSc2nnc(N3C(N)=C(C#N)C(c4cccc(C)c4)C4=C3CCCC4=O)s2)cc1. The monoisotopic (exact) mass is 527 g/mol. The Hall–Kier alpha value is -3.74. The molecule has 7 nitrogen and oxygen atoms in total. The smallest absolute Gasteiger partial charge is 0.219 e. The summed E-state index contributed by atoms with van der Waals surface area (Å²) < 4.78 is 0.617. The molecule has 2 heterocycles. The molecular formula is C28H25N5O2S2. The highest BCUT2D eigenvalue weighted by atomic mass is 32.2. The molecule has 0 radical (unpaired) electrons. The molecule has 9 heteroatoms. The minimum absolute atomic E-state index is 0.00904. The number of carbonyl (C=O) groups excluding carboxylic acids is 2. The highest BCUT2D eigenvalue weighted by Crippen LogP contribution is 2.47. The molecule has 0 amide bonds. The van der Waals surface area contributed by atoms with Gasteiger partial charge in [0.1, 0.15) is 5.82 Å². The second-order valence-corrected chi connectivity index (χ2v) is 11.3. The molecule has 5 rings (SSSR count). The van der Waals surface area contributed by atoms with Gasteiger partial charge in [-0.3, -0.25) is 14.5 Å². The van der Waals surface area contributed by atoms with Crippen LogP contribution in [0.3, 0.4) is 0 Å². The zero-order chi connectivity index (χ0) is 26.1. The lowest BCUT2D eigenvalue weighted by atomic mass is 9.75. The van der Waals surface area contributed by atoms with Crippen molar-refractivity contribution in [2.75, 3.05) is 10.7 Å². The van der Waals surface area contributed by atoms with E-state index in [4.69, 9.17) is 5.73 Å². The number of nitrogens with zero attached hydrogens (tertiary/aromatic N) is 4. The van der Waals surface area contributed by atoms with E-state index in [0.717, 1.165) is 22.4 Å².